The zero-order valence-corrected chi connectivity index (χ0v) is 11.5. The van der Waals surface area contributed by atoms with Gasteiger partial charge in [-0.05, 0) is 24.5 Å². The number of hydrogen-bond acceptors (Lipinski definition) is 5. The molecule has 0 aromatic carbocycles. The topological polar surface area (TPSA) is 89.3 Å². The quantitative estimate of drug-likeness (QED) is 0.373. The number of hydrazine groups is 1. The van der Waals surface area contributed by atoms with E-state index in [4.69, 9.17) is 10.6 Å². The van der Waals surface area contributed by atoms with Gasteiger partial charge in [0, 0.05) is 26.0 Å². The van der Waals surface area contributed by atoms with Crippen LogP contribution in [0, 0.1) is 5.92 Å². The van der Waals surface area contributed by atoms with E-state index in [0.29, 0.717) is 30.5 Å². The molecule has 4 N–H and O–H groups in total. The molecule has 6 nitrogen and oxygen atoms in total. The minimum atomic E-state index is -0.139. The highest BCUT2D eigenvalue weighted by Crippen LogP contribution is 2.03. The first-order valence-corrected chi connectivity index (χ1v) is 6.42. The van der Waals surface area contributed by atoms with Crippen molar-refractivity contribution in [1.29, 1.82) is 0 Å². The first-order valence-electron chi connectivity index (χ1n) is 6.42. The number of nitrogen functional groups attached to an aromatic ring is 1. The van der Waals surface area contributed by atoms with Crippen molar-refractivity contribution < 1.29 is 9.53 Å². The molecule has 0 saturated carbocycles. The molecule has 1 aromatic rings. The van der Waals surface area contributed by atoms with Crippen molar-refractivity contribution in [1.82, 2.24) is 10.3 Å². The summed E-state index contributed by atoms with van der Waals surface area (Å²) in [4.78, 5) is 15.7. The van der Waals surface area contributed by atoms with Crippen LogP contribution in [-0.2, 0) is 4.74 Å². The Morgan fingerprint density at radius 3 is 2.84 bits per heavy atom. The second-order valence-electron chi connectivity index (χ2n) is 4.65. The largest absolute Gasteiger partial charge is 0.381 e. The minimum absolute atomic E-state index is 0.139. The smallest absolute Gasteiger partial charge is 0.252 e. The highest BCUT2D eigenvalue weighted by atomic mass is 16.5. The van der Waals surface area contributed by atoms with E-state index in [2.05, 4.69) is 29.6 Å². The Hall–Kier alpha value is -1.66. The molecule has 0 aliphatic rings. The van der Waals surface area contributed by atoms with Crippen LogP contribution in [0.2, 0.25) is 0 Å². The molecule has 0 spiro atoms. The maximum absolute atomic E-state index is 11.7. The van der Waals surface area contributed by atoms with Crippen molar-refractivity contribution >= 4 is 11.7 Å². The zero-order valence-electron chi connectivity index (χ0n) is 11.5. The number of anilines is 1. The number of carbonyl (C=O) groups is 1. The average molecular weight is 266 g/mol. The molecule has 0 aliphatic carbocycles. The molecule has 0 unspecified atom stereocenters. The van der Waals surface area contributed by atoms with E-state index in [1.54, 1.807) is 12.1 Å². The predicted octanol–water partition coefficient (Wildman–Crippen LogP) is 1.16. The van der Waals surface area contributed by atoms with Crippen molar-refractivity contribution in [3.05, 3.63) is 23.9 Å². The second-order valence-corrected chi connectivity index (χ2v) is 4.65. The third-order valence-corrected chi connectivity index (χ3v) is 2.38. The second kappa shape index (κ2) is 8.44. The summed E-state index contributed by atoms with van der Waals surface area (Å²) in [5.74, 6) is 6.12. The SMILES string of the molecule is CC(C)COCCCNC(=O)c1ccc(NN)nc1. The number of carbonyl (C=O) groups excluding carboxylic acids is 1. The zero-order chi connectivity index (χ0) is 14.1. The summed E-state index contributed by atoms with van der Waals surface area (Å²) in [6.07, 6.45) is 2.29. The van der Waals surface area contributed by atoms with E-state index in [1.165, 1.54) is 6.20 Å². The van der Waals surface area contributed by atoms with Gasteiger partial charge in [0.25, 0.3) is 5.91 Å². The van der Waals surface area contributed by atoms with Gasteiger partial charge < -0.3 is 15.5 Å². The Bertz CT molecular complexity index is 379. The number of hydrogen-bond donors (Lipinski definition) is 3. The summed E-state index contributed by atoms with van der Waals surface area (Å²) in [7, 11) is 0. The fraction of sp³-hybridized carbons (Fsp3) is 0.538. The molecule has 1 heterocycles. The molecule has 0 saturated heterocycles. The molecule has 0 radical (unpaired) electrons. The highest BCUT2D eigenvalue weighted by molar-refractivity contribution is 5.93. The van der Waals surface area contributed by atoms with Crippen molar-refractivity contribution in [2.45, 2.75) is 20.3 Å². The Morgan fingerprint density at radius 2 is 2.26 bits per heavy atom. The van der Waals surface area contributed by atoms with Crippen molar-refractivity contribution in [3.63, 3.8) is 0 Å². The summed E-state index contributed by atoms with van der Waals surface area (Å²) in [5, 5.41) is 2.81. The lowest BCUT2D eigenvalue weighted by molar-refractivity contribution is 0.0924. The van der Waals surface area contributed by atoms with Crippen LogP contribution in [0.15, 0.2) is 18.3 Å². The number of nitrogens with one attached hydrogen (secondary N) is 2. The van der Waals surface area contributed by atoms with E-state index in [0.717, 1.165) is 13.0 Å². The molecular formula is C13H22N4O2. The predicted molar refractivity (Wildman–Crippen MR) is 74.7 cm³/mol. The van der Waals surface area contributed by atoms with Crippen LogP contribution in [0.25, 0.3) is 0 Å². The Morgan fingerprint density at radius 1 is 1.47 bits per heavy atom. The third kappa shape index (κ3) is 6.17. The van der Waals surface area contributed by atoms with Gasteiger partial charge in [-0.25, -0.2) is 10.8 Å². The number of pyridine rings is 1. The van der Waals surface area contributed by atoms with Gasteiger partial charge in [0.1, 0.15) is 5.82 Å². The maximum Gasteiger partial charge on any atom is 0.252 e. The highest BCUT2D eigenvalue weighted by Gasteiger charge is 2.05. The monoisotopic (exact) mass is 266 g/mol. The number of rotatable bonds is 8. The molecule has 19 heavy (non-hydrogen) atoms. The Kier molecular flexibility index (Phi) is 6.84. The van der Waals surface area contributed by atoms with Crippen LogP contribution in [-0.4, -0.2) is 30.6 Å². The minimum Gasteiger partial charge on any atom is -0.381 e. The molecule has 0 fully saturated rings. The maximum atomic E-state index is 11.7. The fourth-order valence-electron chi connectivity index (χ4n) is 1.41. The van der Waals surface area contributed by atoms with E-state index in [1.807, 2.05) is 0 Å². The molecule has 106 valence electrons. The molecule has 1 amide bonds. The normalized spacial score (nSPS) is 10.5. The number of nitrogens with two attached hydrogens (primary N) is 1. The van der Waals surface area contributed by atoms with Gasteiger partial charge >= 0.3 is 0 Å². The van der Waals surface area contributed by atoms with Crippen LogP contribution in [0.4, 0.5) is 5.82 Å². The van der Waals surface area contributed by atoms with E-state index in [9.17, 15) is 4.79 Å². The lowest BCUT2D eigenvalue weighted by atomic mass is 10.2. The van der Waals surface area contributed by atoms with Gasteiger partial charge in [-0.3, -0.25) is 4.79 Å². The molecular weight excluding hydrogens is 244 g/mol. The van der Waals surface area contributed by atoms with E-state index >= 15 is 0 Å². The van der Waals surface area contributed by atoms with Crippen LogP contribution in [0.3, 0.4) is 0 Å². The van der Waals surface area contributed by atoms with Crippen molar-refractivity contribution in [3.8, 4) is 0 Å². The molecule has 0 aliphatic heterocycles. The molecule has 1 rings (SSSR count). The first-order chi connectivity index (χ1) is 9.13. The fourth-order valence-corrected chi connectivity index (χ4v) is 1.41. The summed E-state index contributed by atoms with van der Waals surface area (Å²) < 4.78 is 5.43. The average Bonchev–Trinajstić information content (AvgIpc) is 2.42. The van der Waals surface area contributed by atoms with Gasteiger partial charge in [-0.2, -0.15) is 0 Å². The van der Waals surface area contributed by atoms with Gasteiger partial charge in [-0.1, -0.05) is 13.8 Å². The number of nitrogens with zero attached hydrogens (tertiary/aromatic N) is 1. The lowest BCUT2D eigenvalue weighted by Crippen LogP contribution is -2.25. The standard InChI is InChI=1S/C13H22N4O2/c1-10(2)9-19-7-3-6-15-13(18)11-4-5-12(17-14)16-8-11/h4-5,8,10H,3,6-7,9,14H2,1-2H3,(H,15,18)(H,16,17). The van der Waals surface area contributed by atoms with Crippen LogP contribution >= 0.6 is 0 Å². The van der Waals surface area contributed by atoms with Crippen LogP contribution in [0.5, 0.6) is 0 Å². The van der Waals surface area contributed by atoms with Gasteiger partial charge in [-0.15, -0.1) is 0 Å². The van der Waals surface area contributed by atoms with Gasteiger partial charge in [0.2, 0.25) is 0 Å². The van der Waals surface area contributed by atoms with Crippen molar-refractivity contribution in [2.24, 2.45) is 11.8 Å². The molecule has 0 atom stereocenters. The third-order valence-electron chi connectivity index (χ3n) is 2.38. The van der Waals surface area contributed by atoms with Gasteiger partial charge in [0.05, 0.1) is 5.56 Å². The number of amides is 1. The van der Waals surface area contributed by atoms with Crippen molar-refractivity contribution in [2.75, 3.05) is 25.2 Å². The van der Waals surface area contributed by atoms with Crippen LogP contribution in [0.1, 0.15) is 30.6 Å². The lowest BCUT2D eigenvalue weighted by Gasteiger charge is -2.08. The van der Waals surface area contributed by atoms with Crippen LogP contribution < -0.4 is 16.6 Å². The van der Waals surface area contributed by atoms with E-state index in [-0.39, 0.29) is 5.91 Å². The number of ether oxygens (including phenoxy) is 1. The summed E-state index contributed by atoms with van der Waals surface area (Å²) >= 11 is 0. The molecule has 1 aromatic heterocycles. The number of aromatic nitrogens is 1. The Balaban J connectivity index is 2.20. The summed E-state index contributed by atoms with van der Waals surface area (Å²) in [5.41, 5.74) is 2.92. The first kappa shape index (κ1) is 15.4. The molecule has 6 heteroatoms. The Labute approximate surface area is 113 Å². The molecule has 0 bridgehead atoms. The summed E-state index contributed by atoms with van der Waals surface area (Å²) in [6, 6.07) is 3.33. The van der Waals surface area contributed by atoms with Gasteiger partial charge in [0.15, 0.2) is 0 Å². The summed E-state index contributed by atoms with van der Waals surface area (Å²) in [6.45, 7) is 6.22. The van der Waals surface area contributed by atoms with E-state index < -0.39 is 0 Å².